The van der Waals surface area contributed by atoms with Gasteiger partial charge in [0.25, 0.3) is 0 Å². The highest BCUT2D eigenvalue weighted by molar-refractivity contribution is 7.18. The maximum Gasteiger partial charge on any atom is 0.393 e. The van der Waals surface area contributed by atoms with Crippen molar-refractivity contribution in [2.45, 2.75) is 50.9 Å². The number of rotatable bonds is 5. The van der Waals surface area contributed by atoms with Crippen molar-refractivity contribution in [1.82, 2.24) is 25.1 Å². The number of thiophene rings is 1. The van der Waals surface area contributed by atoms with Crippen molar-refractivity contribution in [2.24, 2.45) is 7.05 Å². The topological polar surface area (TPSA) is 58.9 Å². The molecule has 0 saturated carbocycles. The van der Waals surface area contributed by atoms with Gasteiger partial charge in [-0.05, 0) is 32.3 Å². The van der Waals surface area contributed by atoms with Gasteiger partial charge in [0.2, 0.25) is 0 Å². The zero-order valence-electron chi connectivity index (χ0n) is 17.0. The average molecular weight is 439 g/mol. The molecule has 0 bridgehead atoms. The fraction of sp³-hybridized carbons (Fsp3) is 0.550. The van der Waals surface area contributed by atoms with Crippen LogP contribution in [0.5, 0.6) is 0 Å². The molecule has 0 unspecified atom stereocenters. The van der Waals surface area contributed by atoms with Gasteiger partial charge in [0.1, 0.15) is 17.0 Å². The molecule has 1 fully saturated rings. The first-order chi connectivity index (χ1) is 14.3. The van der Waals surface area contributed by atoms with E-state index in [1.807, 2.05) is 19.4 Å². The number of nitrogens with zero attached hydrogens (tertiary/aromatic N) is 5. The molecular weight excluding hydrogens is 413 g/mol. The third-order valence-electron chi connectivity index (χ3n) is 5.47. The van der Waals surface area contributed by atoms with E-state index in [4.69, 9.17) is 0 Å². The molecule has 6 nitrogen and oxygen atoms in total. The molecule has 0 radical (unpaired) electrons. The van der Waals surface area contributed by atoms with E-state index in [9.17, 15) is 13.2 Å². The number of aryl methyl sites for hydroxylation is 1. The van der Waals surface area contributed by atoms with Gasteiger partial charge in [-0.1, -0.05) is 0 Å². The number of alkyl halides is 3. The van der Waals surface area contributed by atoms with Gasteiger partial charge >= 0.3 is 6.18 Å². The SMILES string of the molecule is C[C@@H](N[C@H]1CCCN(c2ncnc3sc(CC(F)(F)F)cc23)CC1)c1cnn(C)c1. The molecule has 3 aromatic rings. The van der Waals surface area contributed by atoms with Crippen LogP contribution >= 0.6 is 11.3 Å². The van der Waals surface area contributed by atoms with Gasteiger partial charge in [0.15, 0.2) is 0 Å². The van der Waals surface area contributed by atoms with Crippen molar-refractivity contribution < 1.29 is 13.2 Å². The summed E-state index contributed by atoms with van der Waals surface area (Å²) in [6.45, 7) is 3.77. The lowest BCUT2D eigenvalue weighted by Crippen LogP contribution is -2.33. The van der Waals surface area contributed by atoms with E-state index in [-0.39, 0.29) is 10.9 Å². The van der Waals surface area contributed by atoms with E-state index in [1.54, 1.807) is 10.7 Å². The lowest BCUT2D eigenvalue weighted by atomic mass is 10.1. The van der Waals surface area contributed by atoms with Crippen molar-refractivity contribution in [3.8, 4) is 0 Å². The highest BCUT2D eigenvalue weighted by Crippen LogP contribution is 2.34. The van der Waals surface area contributed by atoms with Crippen molar-refractivity contribution in [2.75, 3.05) is 18.0 Å². The highest BCUT2D eigenvalue weighted by Gasteiger charge is 2.29. The Morgan fingerprint density at radius 3 is 2.83 bits per heavy atom. The Hall–Kier alpha value is -2.20. The lowest BCUT2D eigenvalue weighted by Gasteiger charge is -2.23. The Morgan fingerprint density at radius 1 is 1.27 bits per heavy atom. The van der Waals surface area contributed by atoms with Crippen molar-refractivity contribution in [3.05, 3.63) is 35.2 Å². The number of hydrogen-bond acceptors (Lipinski definition) is 6. The molecule has 0 spiro atoms. The molecule has 4 rings (SSSR count). The van der Waals surface area contributed by atoms with Crippen LogP contribution < -0.4 is 10.2 Å². The minimum absolute atomic E-state index is 0.211. The number of aromatic nitrogens is 4. The fourth-order valence-electron chi connectivity index (χ4n) is 4.02. The van der Waals surface area contributed by atoms with Gasteiger partial charge in [-0.3, -0.25) is 4.68 Å². The molecule has 10 heteroatoms. The number of hydrogen-bond donors (Lipinski definition) is 1. The average Bonchev–Trinajstić information content (AvgIpc) is 3.20. The van der Waals surface area contributed by atoms with Gasteiger partial charge in [-0.2, -0.15) is 18.3 Å². The van der Waals surface area contributed by atoms with Gasteiger partial charge < -0.3 is 10.2 Å². The standard InChI is InChI=1S/C20H25F3N6S/c1-13(14-10-26-28(2)11-14)27-15-4-3-6-29(7-5-15)18-17-8-16(9-20(21,22)23)30-19(17)25-12-24-18/h8,10-13,15,27H,3-7,9H2,1-2H3/t13-,15+/m1/s1. The molecular formula is C20H25F3N6S. The van der Waals surface area contributed by atoms with Crippen LogP contribution in [-0.4, -0.2) is 45.1 Å². The third-order valence-corrected chi connectivity index (χ3v) is 6.52. The molecule has 0 aliphatic carbocycles. The minimum Gasteiger partial charge on any atom is -0.356 e. The molecule has 30 heavy (non-hydrogen) atoms. The highest BCUT2D eigenvalue weighted by atomic mass is 32.1. The Kier molecular flexibility index (Phi) is 5.97. The Morgan fingerprint density at radius 2 is 2.10 bits per heavy atom. The normalized spacial score (nSPS) is 19.2. The first-order valence-corrected chi connectivity index (χ1v) is 10.9. The molecule has 4 heterocycles. The van der Waals surface area contributed by atoms with Crippen LogP contribution in [0.25, 0.3) is 10.2 Å². The molecule has 1 aliphatic heterocycles. The quantitative estimate of drug-likeness (QED) is 0.646. The van der Waals surface area contributed by atoms with Crippen LogP contribution in [0.4, 0.5) is 19.0 Å². The van der Waals surface area contributed by atoms with Crippen LogP contribution in [0, 0.1) is 0 Å². The second-order valence-electron chi connectivity index (χ2n) is 7.87. The maximum absolute atomic E-state index is 12.8. The van der Waals surface area contributed by atoms with Crippen LogP contribution in [0.2, 0.25) is 0 Å². The van der Waals surface area contributed by atoms with Gasteiger partial charge in [-0.15, -0.1) is 11.3 Å². The van der Waals surface area contributed by atoms with E-state index in [0.29, 0.717) is 10.9 Å². The molecule has 162 valence electrons. The third kappa shape index (κ3) is 4.92. The largest absolute Gasteiger partial charge is 0.393 e. The first-order valence-electron chi connectivity index (χ1n) is 10.1. The van der Waals surface area contributed by atoms with Crippen LogP contribution in [0.1, 0.15) is 42.7 Å². The summed E-state index contributed by atoms with van der Waals surface area (Å²) in [4.78, 5) is 11.7. The van der Waals surface area contributed by atoms with Crippen LogP contribution in [0.3, 0.4) is 0 Å². The Bertz CT molecular complexity index is 998. The first kappa shape index (κ1) is 21.0. The molecule has 0 amide bonds. The molecule has 0 aromatic carbocycles. The smallest absolute Gasteiger partial charge is 0.356 e. The number of nitrogens with one attached hydrogen (secondary N) is 1. The van der Waals surface area contributed by atoms with E-state index < -0.39 is 12.6 Å². The predicted octanol–water partition coefficient (Wildman–Crippen LogP) is 4.24. The number of halogens is 3. The second-order valence-corrected chi connectivity index (χ2v) is 8.99. The molecule has 1 aliphatic rings. The summed E-state index contributed by atoms with van der Waals surface area (Å²) in [5, 5.41) is 8.65. The van der Waals surface area contributed by atoms with Crippen LogP contribution in [0.15, 0.2) is 24.8 Å². The van der Waals surface area contributed by atoms with Gasteiger partial charge in [0.05, 0.1) is 18.0 Å². The molecule has 3 aromatic heterocycles. The second kappa shape index (κ2) is 8.50. The fourth-order valence-corrected chi connectivity index (χ4v) is 5.04. The Labute approximate surface area is 177 Å². The summed E-state index contributed by atoms with van der Waals surface area (Å²) in [5.41, 5.74) is 1.16. The molecule has 2 atom stereocenters. The van der Waals surface area contributed by atoms with E-state index in [1.165, 1.54) is 6.33 Å². The zero-order valence-corrected chi connectivity index (χ0v) is 17.8. The van der Waals surface area contributed by atoms with E-state index in [2.05, 4.69) is 32.2 Å². The summed E-state index contributed by atoms with van der Waals surface area (Å²) in [5.74, 6) is 0.741. The van der Waals surface area contributed by atoms with Crippen molar-refractivity contribution in [3.63, 3.8) is 0 Å². The van der Waals surface area contributed by atoms with Crippen molar-refractivity contribution in [1.29, 1.82) is 0 Å². The molecule has 1 saturated heterocycles. The van der Waals surface area contributed by atoms with E-state index >= 15 is 0 Å². The summed E-state index contributed by atoms with van der Waals surface area (Å²) in [6, 6.07) is 2.18. The number of fused-ring (bicyclic) bond motifs is 1. The lowest BCUT2D eigenvalue weighted by molar-refractivity contribution is -0.126. The van der Waals surface area contributed by atoms with Crippen molar-refractivity contribution >= 4 is 27.4 Å². The summed E-state index contributed by atoms with van der Waals surface area (Å²) < 4.78 is 40.2. The minimum atomic E-state index is -4.22. The van der Waals surface area contributed by atoms with Gasteiger partial charge in [0, 0.05) is 48.9 Å². The Balaban J connectivity index is 1.45. The van der Waals surface area contributed by atoms with Crippen LogP contribution in [-0.2, 0) is 13.5 Å². The zero-order chi connectivity index (χ0) is 21.3. The molecule has 1 N–H and O–H groups in total. The van der Waals surface area contributed by atoms with E-state index in [0.717, 1.165) is 60.5 Å². The maximum atomic E-state index is 12.8. The predicted molar refractivity (Wildman–Crippen MR) is 112 cm³/mol. The monoisotopic (exact) mass is 438 g/mol. The number of anilines is 1. The summed E-state index contributed by atoms with van der Waals surface area (Å²) >= 11 is 1.10. The van der Waals surface area contributed by atoms with Gasteiger partial charge in [-0.25, -0.2) is 9.97 Å². The summed E-state index contributed by atoms with van der Waals surface area (Å²) in [6.07, 6.45) is 3.18. The summed E-state index contributed by atoms with van der Waals surface area (Å²) in [7, 11) is 1.91.